The molecule has 0 saturated heterocycles. The average molecular weight is 411 g/mol. The van der Waals surface area contributed by atoms with Gasteiger partial charge in [-0.2, -0.15) is 0 Å². The molecule has 0 saturated carbocycles. The van der Waals surface area contributed by atoms with E-state index < -0.39 is 11.9 Å². The predicted molar refractivity (Wildman–Crippen MR) is 121 cm³/mol. The normalized spacial score (nSPS) is 13.3. The van der Waals surface area contributed by atoms with Crippen LogP contribution in [0, 0.1) is 0 Å². The first-order chi connectivity index (χ1) is 15.1. The van der Waals surface area contributed by atoms with Gasteiger partial charge in [-0.15, -0.1) is 0 Å². The van der Waals surface area contributed by atoms with Gasteiger partial charge >= 0.3 is 11.9 Å². The highest BCUT2D eigenvalue weighted by molar-refractivity contribution is 6.05. The van der Waals surface area contributed by atoms with Crippen molar-refractivity contribution < 1.29 is 19.1 Å². The second-order valence-electron chi connectivity index (χ2n) is 6.89. The van der Waals surface area contributed by atoms with Crippen molar-refractivity contribution in [3.8, 4) is 11.1 Å². The third-order valence-electron chi connectivity index (χ3n) is 5.11. The van der Waals surface area contributed by atoms with Crippen molar-refractivity contribution in [3.05, 3.63) is 102 Å². The van der Waals surface area contributed by atoms with Gasteiger partial charge in [0.1, 0.15) is 5.70 Å². The Morgan fingerprint density at radius 1 is 0.806 bits per heavy atom. The van der Waals surface area contributed by atoms with Crippen LogP contribution in [0.15, 0.2) is 102 Å². The summed E-state index contributed by atoms with van der Waals surface area (Å²) in [5.41, 5.74) is 2.99. The lowest BCUT2D eigenvalue weighted by Crippen LogP contribution is -2.26. The number of carbonyl (C=O) groups is 2. The van der Waals surface area contributed by atoms with Gasteiger partial charge in [-0.25, -0.2) is 9.59 Å². The summed E-state index contributed by atoms with van der Waals surface area (Å²) in [6.45, 7) is 0. The lowest BCUT2D eigenvalue weighted by Gasteiger charge is -2.23. The molecule has 31 heavy (non-hydrogen) atoms. The molecule has 0 spiro atoms. The molecule has 0 radical (unpaired) electrons. The molecule has 0 unspecified atom stereocenters. The van der Waals surface area contributed by atoms with Gasteiger partial charge in [-0.3, -0.25) is 0 Å². The highest BCUT2D eigenvalue weighted by Gasteiger charge is 2.27. The number of anilines is 1. The highest BCUT2D eigenvalue weighted by atomic mass is 16.5. The molecule has 3 aromatic carbocycles. The number of fused-ring (bicyclic) bond motifs is 1. The smallest absolute Gasteiger partial charge is 0.355 e. The van der Waals surface area contributed by atoms with Crippen LogP contribution >= 0.6 is 0 Å². The summed E-state index contributed by atoms with van der Waals surface area (Å²) in [5, 5.41) is 2.28. The van der Waals surface area contributed by atoms with Gasteiger partial charge in [0.25, 0.3) is 0 Å². The molecule has 4 rings (SSSR count). The Kier molecular flexibility index (Phi) is 5.67. The van der Waals surface area contributed by atoms with E-state index >= 15 is 0 Å². The van der Waals surface area contributed by atoms with Crippen molar-refractivity contribution in [2.75, 3.05) is 19.1 Å². The number of ether oxygens (including phenoxy) is 2. The van der Waals surface area contributed by atoms with Gasteiger partial charge < -0.3 is 14.4 Å². The quantitative estimate of drug-likeness (QED) is 0.566. The number of hydrogen-bond donors (Lipinski definition) is 0. The molecule has 0 aliphatic carbocycles. The Morgan fingerprint density at radius 2 is 1.55 bits per heavy atom. The van der Waals surface area contributed by atoms with Gasteiger partial charge in [-0.05, 0) is 46.2 Å². The van der Waals surface area contributed by atoms with E-state index in [0.29, 0.717) is 5.69 Å². The predicted octanol–water partition coefficient (Wildman–Crippen LogP) is 5.00. The average Bonchev–Trinajstić information content (AvgIpc) is 3.06. The Bertz CT molecular complexity index is 1250. The van der Waals surface area contributed by atoms with Gasteiger partial charge in [0.2, 0.25) is 0 Å². The van der Waals surface area contributed by atoms with Gasteiger partial charge in [0, 0.05) is 11.9 Å². The van der Waals surface area contributed by atoms with Crippen molar-refractivity contribution in [2.45, 2.75) is 0 Å². The van der Waals surface area contributed by atoms with Crippen LogP contribution in [0.3, 0.4) is 0 Å². The molecule has 0 atom stereocenters. The third-order valence-corrected chi connectivity index (χ3v) is 5.11. The fourth-order valence-corrected chi connectivity index (χ4v) is 3.67. The second kappa shape index (κ2) is 8.71. The van der Waals surface area contributed by atoms with Crippen LogP contribution < -0.4 is 4.90 Å². The zero-order valence-corrected chi connectivity index (χ0v) is 17.2. The molecule has 0 bridgehead atoms. The van der Waals surface area contributed by atoms with Gasteiger partial charge in [0.15, 0.2) is 0 Å². The number of rotatable bonds is 4. The summed E-state index contributed by atoms with van der Waals surface area (Å²) < 4.78 is 9.87. The molecular formula is C26H21NO4. The topological polar surface area (TPSA) is 55.8 Å². The molecule has 1 heterocycles. The van der Waals surface area contributed by atoms with E-state index in [-0.39, 0.29) is 11.3 Å². The standard InChI is InChI=1S/C26H21NO4/c1-30-25(28)23-14-5-6-16-27(24(23)26(29)31-2)20-12-7-11-19(17-20)22-15-8-10-18-9-3-4-13-21(18)22/h3-17H,1-2H3. The van der Waals surface area contributed by atoms with E-state index in [1.54, 1.807) is 29.3 Å². The van der Waals surface area contributed by atoms with Crippen LogP contribution in [-0.4, -0.2) is 26.2 Å². The molecule has 5 heteroatoms. The summed E-state index contributed by atoms with van der Waals surface area (Å²) in [7, 11) is 2.56. The highest BCUT2D eigenvalue weighted by Crippen LogP contribution is 2.33. The minimum absolute atomic E-state index is 0.0921. The molecular weight excluding hydrogens is 390 g/mol. The van der Waals surface area contributed by atoms with Gasteiger partial charge in [-0.1, -0.05) is 60.7 Å². The van der Waals surface area contributed by atoms with Crippen LogP contribution in [0.1, 0.15) is 0 Å². The minimum Gasteiger partial charge on any atom is -0.465 e. The number of nitrogens with zero attached hydrogens (tertiary/aromatic N) is 1. The maximum atomic E-state index is 12.7. The Labute approximate surface area is 180 Å². The van der Waals surface area contributed by atoms with E-state index in [2.05, 4.69) is 24.3 Å². The van der Waals surface area contributed by atoms with E-state index in [0.717, 1.165) is 21.9 Å². The van der Waals surface area contributed by atoms with E-state index in [1.807, 2.05) is 42.5 Å². The summed E-state index contributed by atoms with van der Waals surface area (Å²) in [6.07, 6.45) is 6.71. The van der Waals surface area contributed by atoms with Crippen molar-refractivity contribution >= 4 is 28.4 Å². The number of carbonyl (C=O) groups excluding carboxylic acids is 2. The Hall–Kier alpha value is -4.12. The lowest BCUT2D eigenvalue weighted by atomic mass is 9.98. The minimum atomic E-state index is -0.632. The van der Waals surface area contributed by atoms with Crippen molar-refractivity contribution in [1.29, 1.82) is 0 Å². The molecule has 1 aliphatic rings. The maximum Gasteiger partial charge on any atom is 0.355 e. The zero-order chi connectivity index (χ0) is 21.8. The lowest BCUT2D eigenvalue weighted by molar-refractivity contribution is -0.139. The van der Waals surface area contributed by atoms with Crippen LogP contribution in [0.25, 0.3) is 21.9 Å². The SMILES string of the molecule is COC(=O)C1=C(C(=O)OC)N(c2cccc(-c3cccc4ccccc34)c2)C=CC=C1. The number of esters is 2. The summed E-state index contributed by atoms with van der Waals surface area (Å²) >= 11 is 0. The van der Waals surface area contributed by atoms with Crippen molar-refractivity contribution in [1.82, 2.24) is 0 Å². The van der Waals surface area contributed by atoms with Crippen molar-refractivity contribution in [3.63, 3.8) is 0 Å². The van der Waals surface area contributed by atoms with Crippen LogP contribution in [-0.2, 0) is 19.1 Å². The fourth-order valence-electron chi connectivity index (χ4n) is 3.67. The summed E-state index contributed by atoms with van der Waals surface area (Å²) in [5.74, 6) is -1.25. The largest absolute Gasteiger partial charge is 0.465 e. The molecule has 3 aromatic rings. The Morgan fingerprint density at radius 3 is 2.35 bits per heavy atom. The molecule has 0 fully saturated rings. The summed E-state index contributed by atoms with van der Waals surface area (Å²) in [4.78, 5) is 26.7. The summed E-state index contributed by atoms with van der Waals surface area (Å²) in [6, 6.07) is 22.2. The maximum absolute atomic E-state index is 12.7. The molecule has 5 nitrogen and oxygen atoms in total. The first kappa shape index (κ1) is 20.2. The molecule has 0 aromatic heterocycles. The molecule has 154 valence electrons. The number of benzene rings is 3. The third kappa shape index (κ3) is 3.85. The Balaban J connectivity index is 1.87. The van der Waals surface area contributed by atoms with Crippen molar-refractivity contribution in [2.24, 2.45) is 0 Å². The zero-order valence-electron chi connectivity index (χ0n) is 17.2. The number of hydrogen-bond acceptors (Lipinski definition) is 5. The first-order valence-electron chi connectivity index (χ1n) is 9.77. The number of allylic oxidation sites excluding steroid dienone is 2. The van der Waals surface area contributed by atoms with Crippen LogP contribution in [0.2, 0.25) is 0 Å². The van der Waals surface area contributed by atoms with E-state index in [9.17, 15) is 9.59 Å². The second-order valence-corrected chi connectivity index (χ2v) is 6.89. The fraction of sp³-hybridized carbons (Fsp3) is 0.0769. The first-order valence-corrected chi connectivity index (χ1v) is 9.77. The number of methoxy groups -OCH3 is 2. The van der Waals surface area contributed by atoms with E-state index in [4.69, 9.17) is 9.47 Å². The van der Waals surface area contributed by atoms with Gasteiger partial charge in [0.05, 0.1) is 19.8 Å². The van der Waals surface area contributed by atoms with Crippen LogP contribution in [0.4, 0.5) is 5.69 Å². The van der Waals surface area contributed by atoms with E-state index in [1.165, 1.54) is 14.2 Å². The molecule has 0 N–H and O–H groups in total. The molecule has 1 aliphatic heterocycles. The monoisotopic (exact) mass is 411 g/mol. The molecule has 0 amide bonds. The van der Waals surface area contributed by atoms with Crippen LogP contribution in [0.5, 0.6) is 0 Å².